The maximum Gasteiger partial charge on any atom is 0.273 e. The molecule has 132 valence electrons. The molecule has 1 aliphatic heterocycles. The van der Waals surface area contributed by atoms with Gasteiger partial charge >= 0.3 is 0 Å². The van der Waals surface area contributed by atoms with Crippen LogP contribution in [0.25, 0.3) is 10.2 Å². The molecule has 1 saturated heterocycles. The molecule has 0 radical (unpaired) electrons. The van der Waals surface area contributed by atoms with Gasteiger partial charge in [0.15, 0.2) is 0 Å². The molecule has 4 rings (SSSR count). The van der Waals surface area contributed by atoms with Gasteiger partial charge in [-0.15, -0.1) is 11.3 Å². The molecule has 3 heterocycles. The summed E-state index contributed by atoms with van der Waals surface area (Å²) in [7, 11) is 0. The molecule has 0 unspecified atom stereocenters. The van der Waals surface area contributed by atoms with Gasteiger partial charge in [0.25, 0.3) is 5.56 Å². The first-order valence-corrected chi connectivity index (χ1v) is 9.49. The number of anilines is 1. The fourth-order valence-corrected chi connectivity index (χ4v) is 4.22. The van der Waals surface area contributed by atoms with E-state index in [4.69, 9.17) is 4.98 Å². The van der Waals surface area contributed by atoms with Crippen LogP contribution in [0, 0.1) is 18.3 Å². The van der Waals surface area contributed by atoms with E-state index in [-0.39, 0.29) is 5.56 Å². The Kier molecular flexibility index (Phi) is 4.45. The number of aromatic nitrogens is 2. The van der Waals surface area contributed by atoms with Crippen LogP contribution in [-0.4, -0.2) is 35.7 Å². The minimum Gasteiger partial charge on any atom is -0.340 e. The third-order valence-corrected chi connectivity index (χ3v) is 5.78. The van der Waals surface area contributed by atoms with E-state index < -0.39 is 0 Å². The summed E-state index contributed by atoms with van der Waals surface area (Å²) in [6, 6.07) is 9.64. The first-order valence-electron chi connectivity index (χ1n) is 8.61. The first kappa shape index (κ1) is 16.8. The number of hydrogen-bond acceptors (Lipinski definition) is 6. The van der Waals surface area contributed by atoms with Crippen molar-refractivity contribution in [1.82, 2.24) is 14.9 Å². The molecular formula is C19H19N5OS. The molecule has 0 bridgehead atoms. The zero-order valence-electron chi connectivity index (χ0n) is 14.5. The summed E-state index contributed by atoms with van der Waals surface area (Å²) >= 11 is 1.44. The van der Waals surface area contributed by atoms with Crippen molar-refractivity contribution in [1.29, 1.82) is 5.26 Å². The summed E-state index contributed by atoms with van der Waals surface area (Å²) in [6.45, 7) is 5.68. The minimum atomic E-state index is -0.0330. The Labute approximate surface area is 155 Å². The van der Waals surface area contributed by atoms with Crippen LogP contribution in [0.4, 0.5) is 5.95 Å². The Morgan fingerprint density at radius 2 is 2.08 bits per heavy atom. The summed E-state index contributed by atoms with van der Waals surface area (Å²) < 4.78 is 2.40. The SMILES string of the molecule is Cc1csc2c(=O)n(Cc3ccccc3C#N)c(N3CCNCC3)nc12. The second kappa shape index (κ2) is 6.90. The number of rotatable bonds is 3. The number of thiophene rings is 1. The number of benzene rings is 1. The van der Waals surface area contributed by atoms with Crippen LogP contribution in [0.1, 0.15) is 16.7 Å². The Morgan fingerprint density at radius 3 is 2.85 bits per heavy atom. The lowest BCUT2D eigenvalue weighted by Gasteiger charge is -2.30. The highest BCUT2D eigenvalue weighted by atomic mass is 32.1. The van der Waals surface area contributed by atoms with Crippen LogP contribution in [0.2, 0.25) is 0 Å². The lowest BCUT2D eigenvalue weighted by atomic mass is 10.1. The third kappa shape index (κ3) is 2.87. The largest absolute Gasteiger partial charge is 0.340 e. The lowest BCUT2D eigenvalue weighted by Crippen LogP contribution is -2.46. The number of nitrogens with zero attached hydrogens (tertiary/aromatic N) is 4. The van der Waals surface area contributed by atoms with Gasteiger partial charge < -0.3 is 10.2 Å². The van der Waals surface area contributed by atoms with E-state index in [9.17, 15) is 10.1 Å². The zero-order chi connectivity index (χ0) is 18.1. The first-order chi connectivity index (χ1) is 12.7. The summed E-state index contributed by atoms with van der Waals surface area (Å²) in [5.41, 5.74) is 3.21. The number of hydrogen-bond donors (Lipinski definition) is 1. The van der Waals surface area contributed by atoms with Gasteiger partial charge in [-0.05, 0) is 29.5 Å². The van der Waals surface area contributed by atoms with Gasteiger partial charge in [0, 0.05) is 26.2 Å². The molecule has 1 N–H and O–H groups in total. The van der Waals surface area contributed by atoms with Crippen molar-refractivity contribution in [2.24, 2.45) is 0 Å². The van der Waals surface area contributed by atoms with Crippen LogP contribution in [0.15, 0.2) is 34.4 Å². The number of nitriles is 1. The Balaban J connectivity index is 1.90. The molecule has 2 aromatic heterocycles. The van der Waals surface area contributed by atoms with Crippen LogP contribution in [-0.2, 0) is 6.54 Å². The molecule has 1 aromatic carbocycles. The summed E-state index contributed by atoms with van der Waals surface area (Å²) in [5.74, 6) is 0.693. The van der Waals surface area contributed by atoms with Gasteiger partial charge in [0.1, 0.15) is 4.70 Å². The van der Waals surface area contributed by atoms with Crippen LogP contribution >= 0.6 is 11.3 Å². The standard InChI is InChI=1S/C19H19N5OS/c1-13-12-26-17-16(13)22-19(23-8-6-21-7-9-23)24(18(17)25)11-15-5-3-2-4-14(15)10-20/h2-5,12,21H,6-9,11H2,1H3. The van der Waals surface area contributed by atoms with Gasteiger partial charge in [-0.1, -0.05) is 18.2 Å². The molecule has 0 saturated carbocycles. The average Bonchev–Trinajstić information content (AvgIpc) is 3.06. The Morgan fingerprint density at radius 1 is 1.31 bits per heavy atom. The quantitative estimate of drug-likeness (QED) is 0.769. The highest BCUT2D eigenvalue weighted by molar-refractivity contribution is 7.17. The van der Waals surface area contributed by atoms with E-state index in [0.29, 0.717) is 22.8 Å². The van der Waals surface area contributed by atoms with Crippen molar-refractivity contribution in [3.63, 3.8) is 0 Å². The van der Waals surface area contributed by atoms with Crippen molar-refractivity contribution in [3.8, 4) is 6.07 Å². The second-order valence-electron chi connectivity index (χ2n) is 6.41. The van der Waals surface area contributed by atoms with Gasteiger partial charge in [0.05, 0.1) is 23.7 Å². The summed E-state index contributed by atoms with van der Waals surface area (Å²) in [6.07, 6.45) is 0. The van der Waals surface area contributed by atoms with Gasteiger partial charge in [0.2, 0.25) is 5.95 Å². The number of nitrogens with one attached hydrogen (secondary N) is 1. The Bertz CT molecular complexity index is 1060. The molecule has 26 heavy (non-hydrogen) atoms. The van der Waals surface area contributed by atoms with E-state index >= 15 is 0 Å². The monoisotopic (exact) mass is 365 g/mol. The summed E-state index contributed by atoms with van der Waals surface area (Å²) in [5, 5.41) is 14.7. The molecule has 1 fully saturated rings. The van der Waals surface area contributed by atoms with Crippen molar-refractivity contribution in [2.45, 2.75) is 13.5 Å². The van der Waals surface area contributed by atoms with Crippen molar-refractivity contribution < 1.29 is 0 Å². The Hall–Kier alpha value is -2.69. The van der Waals surface area contributed by atoms with Crippen molar-refractivity contribution >= 4 is 27.5 Å². The molecular weight excluding hydrogens is 346 g/mol. The zero-order valence-corrected chi connectivity index (χ0v) is 15.3. The number of aryl methyl sites for hydroxylation is 1. The third-order valence-electron chi connectivity index (χ3n) is 4.70. The normalized spacial score (nSPS) is 14.5. The van der Waals surface area contributed by atoms with Crippen molar-refractivity contribution in [2.75, 3.05) is 31.1 Å². The summed E-state index contributed by atoms with van der Waals surface area (Å²) in [4.78, 5) is 20.2. The van der Waals surface area contributed by atoms with Crippen LogP contribution in [0.3, 0.4) is 0 Å². The van der Waals surface area contributed by atoms with Gasteiger partial charge in [-0.3, -0.25) is 9.36 Å². The van der Waals surface area contributed by atoms with Crippen molar-refractivity contribution in [3.05, 3.63) is 56.7 Å². The van der Waals surface area contributed by atoms with E-state index in [2.05, 4.69) is 16.3 Å². The van der Waals surface area contributed by atoms with Crippen LogP contribution in [0.5, 0.6) is 0 Å². The topological polar surface area (TPSA) is 74.0 Å². The average molecular weight is 365 g/mol. The van der Waals surface area contributed by atoms with E-state index in [1.165, 1.54) is 11.3 Å². The fraction of sp³-hybridized carbons (Fsp3) is 0.316. The minimum absolute atomic E-state index is 0.0330. The number of fused-ring (bicyclic) bond motifs is 1. The van der Waals surface area contributed by atoms with E-state index in [1.807, 2.05) is 30.5 Å². The maximum absolute atomic E-state index is 13.2. The molecule has 7 heteroatoms. The second-order valence-corrected chi connectivity index (χ2v) is 7.29. The fourth-order valence-electron chi connectivity index (χ4n) is 3.29. The van der Waals surface area contributed by atoms with E-state index in [0.717, 1.165) is 42.8 Å². The molecule has 1 aliphatic rings. The smallest absolute Gasteiger partial charge is 0.273 e. The highest BCUT2D eigenvalue weighted by Gasteiger charge is 2.21. The molecule has 6 nitrogen and oxygen atoms in total. The highest BCUT2D eigenvalue weighted by Crippen LogP contribution is 2.24. The lowest BCUT2D eigenvalue weighted by molar-refractivity contribution is 0.564. The predicted octanol–water partition coefficient (Wildman–Crippen LogP) is 2.10. The predicted molar refractivity (Wildman–Crippen MR) is 104 cm³/mol. The number of piperazine rings is 1. The maximum atomic E-state index is 13.2. The molecule has 0 aliphatic carbocycles. The molecule has 3 aromatic rings. The molecule has 0 spiro atoms. The van der Waals surface area contributed by atoms with Gasteiger partial charge in [-0.25, -0.2) is 4.98 Å². The van der Waals surface area contributed by atoms with E-state index in [1.54, 1.807) is 10.6 Å². The van der Waals surface area contributed by atoms with Crippen LogP contribution < -0.4 is 15.8 Å². The molecule has 0 atom stereocenters. The van der Waals surface area contributed by atoms with Gasteiger partial charge in [-0.2, -0.15) is 5.26 Å². The molecule has 0 amide bonds.